The molecule has 0 aliphatic carbocycles. The van der Waals surface area contributed by atoms with Crippen molar-refractivity contribution < 1.29 is 45.1 Å². The molecular formula is C26H21F7N2O3. The number of rotatable bonds is 6. The maximum atomic E-state index is 14.4. The van der Waals surface area contributed by atoms with Crippen LogP contribution in [0.25, 0.3) is 0 Å². The first-order valence-electron chi connectivity index (χ1n) is 10.9. The Morgan fingerprint density at radius 2 is 1.45 bits per heavy atom. The number of alkyl halides is 3. The third-order valence-corrected chi connectivity index (χ3v) is 6.01. The Hall–Kier alpha value is -3.93. The molecule has 3 aromatic rings. The monoisotopic (exact) mass is 542 g/mol. The molecule has 0 aliphatic heterocycles. The Morgan fingerprint density at radius 1 is 0.868 bits per heavy atom. The fourth-order valence-electron chi connectivity index (χ4n) is 3.89. The zero-order valence-electron chi connectivity index (χ0n) is 20.1. The summed E-state index contributed by atoms with van der Waals surface area (Å²) in [5.74, 6) is -13.5. The fourth-order valence-corrected chi connectivity index (χ4v) is 3.89. The third kappa shape index (κ3) is 5.49. The zero-order chi connectivity index (χ0) is 28.5. The second-order valence-electron chi connectivity index (χ2n) is 8.46. The van der Waals surface area contributed by atoms with E-state index in [0.717, 1.165) is 18.2 Å². The fraction of sp³-hybridized carbons (Fsp3) is 0.231. The molecule has 0 saturated heterocycles. The normalized spacial score (nSPS) is 13.1. The second kappa shape index (κ2) is 10.8. The maximum Gasteiger partial charge on any atom is 0.422 e. The van der Waals surface area contributed by atoms with E-state index in [0.29, 0.717) is 11.1 Å². The molecule has 0 bridgehead atoms. The number of esters is 1. The van der Waals surface area contributed by atoms with Crippen molar-refractivity contribution in [2.75, 3.05) is 12.4 Å². The summed E-state index contributed by atoms with van der Waals surface area (Å²) in [6.45, 7) is 3.59. The minimum atomic E-state index is -5.74. The van der Waals surface area contributed by atoms with E-state index in [9.17, 15) is 40.3 Å². The molecule has 2 atom stereocenters. The largest absolute Gasteiger partial charge is 0.465 e. The van der Waals surface area contributed by atoms with Gasteiger partial charge in [-0.15, -0.1) is 0 Å². The van der Waals surface area contributed by atoms with Crippen LogP contribution in [0.15, 0.2) is 42.5 Å². The number of amides is 1. The van der Waals surface area contributed by atoms with Crippen molar-refractivity contribution in [2.24, 2.45) is 5.73 Å². The predicted octanol–water partition coefficient (Wildman–Crippen LogP) is 5.76. The Bertz CT molecular complexity index is 1380. The Balaban J connectivity index is 2.10. The summed E-state index contributed by atoms with van der Waals surface area (Å²) in [5, 5.41) is 1.58. The van der Waals surface area contributed by atoms with Crippen LogP contribution in [0.4, 0.5) is 36.4 Å². The first-order valence-corrected chi connectivity index (χ1v) is 10.9. The molecule has 5 nitrogen and oxygen atoms in total. The van der Waals surface area contributed by atoms with Gasteiger partial charge in [0.05, 0.1) is 18.7 Å². The highest BCUT2D eigenvalue weighted by Gasteiger charge is 2.43. The molecule has 38 heavy (non-hydrogen) atoms. The zero-order valence-corrected chi connectivity index (χ0v) is 20.1. The van der Waals surface area contributed by atoms with Gasteiger partial charge in [0, 0.05) is 5.92 Å². The van der Waals surface area contributed by atoms with E-state index in [4.69, 9.17) is 10.5 Å². The summed E-state index contributed by atoms with van der Waals surface area (Å²) >= 11 is 0. The minimum Gasteiger partial charge on any atom is -0.465 e. The molecule has 0 aliphatic rings. The van der Waals surface area contributed by atoms with E-state index in [1.165, 1.54) is 24.3 Å². The lowest BCUT2D eigenvalue weighted by Gasteiger charge is -2.26. The number of aryl methyl sites for hydroxylation is 2. The number of nitrogens with one attached hydrogen (secondary N) is 1. The number of benzene rings is 3. The van der Waals surface area contributed by atoms with E-state index in [2.05, 4.69) is 0 Å². The van der Waals surface area contributed by atoms with Gasteiger partial charge < -0.3 is 15.8 Å². The second-order valence-corrected chi connectivity index (χ2v) is 8.46. The smallest absolute Gasteiger partial charge is 0.422 e. The highest BCUT2D eigenvalue weighted by molar-refractivity contribution is 5.96. The summed E-state index contributed by atoms with van der Waals surface area (Å²) in [5.41, 5.74) is 4.10. The van der Waals surface area contributed by atoms with E-state index in [1.807, 2.05) is 6.92 Å². The first-order chi connectivity index (χ1) is 17.7. The van der Waals surface area contributed by atoms with Crippen molar-refractivity contribution in [3.63, 3.8) is 0 Å². The van der Waals surface area contributed by atoms with Crippen LogP contribution in [0.3, 0.4) is 0 Å². The lowest BCUT2D eigenvalue weighted by molar-refractivity contribution is -0.143. The molecule has 0 fully saturated rings. The topological polar surface area (TPSA) is 81.4 Å². The number of methoxy groups -OCH3 is 1. The Labute approximate surface area is 212 Å². The highest BCUT2D eigenvalue weighted by Crippen LogP contribution is 2.39. The molecule has 3 N–H and O–H groups in total. The average Bonchev–Trinajstić information content (AvgIpc) is 2.86. The van der Waals surface area contributed by atoms with Gasteiger partial charge in [-0.3, -0.25) is 4.79 Å². The average molecular weight is 542 g/mol. The molecular weight excluding hydrogens is 521 g/mol. The number of halogens is 7. The summed E-state index contributed by atoms with van der Waals surface area (Å²) < 4.78 is 100. The van der Waals surface area contributed by atoms with E-state index < -0.39 is 64.5 Å². The van der Waals surface area contributed by atoms with Crippen molar-refractivity contribution in [1.82, 2.24) is 0 Å². The van der Waals surface area contributed by atoms with Crippen LogP contribution in [-0.4, -0.2) is 25.0 Å². The number of anilines is 1. The number of hydrogen-bond donors (Lipinski definition) is 2. The molecule has 3 rings (SSSR count). The number of hydrogen-bond acceptors (Lipinski definition) is 4. The van der Waals surface area contributed by atoms with Crippen molar-refractivity contribution in [3.05, 3.63) is 99.1 Å². The van der Waals surface area contributed by atoms with Gasteiger partial charge >= 0.3 is 12.1 Å². The molecule has 12 heteroatoms. The number of ether oxygens (including phenoxy) is 1. The maximum absolute atomic E-state index is 14.4. The molecule has 0 spiro atoms. The first kappa shape index (κ1) is 28.6. The van der Waals surface area contributed by atoms with Crippen molar-refractivity contribution in [1.29, 1.82) is 0 Å². The molecule has 1 unspecified atom stereocenters. The molecule has 202 valence electrons. The van der Waals surface area contributed by atoms with Crippen LogP contribution in [0.2, 0.25) is 0 Å². The molecule has 0 heterocycles. The van der Waals surface area contributed by atoms with Gasteiger partial charge in [-0.1, -0.05) is 30.3 Å². The van der Waals surface area contributed by atoms with E-state index in [-0.39, 0.29) is 5.56 Å². The minimum absolute atomic E-state index is 0.0930. The van der Waals surface area contributed by atoms with E-state index in [1.54, 1.807) is 30.4 Å². The predicted molar refractivity (Wildman–Crippen MR) is 123 cm³/mol. The number of nitrogens with two attached hydrogens (primary N) is 1. The Morgan fingerprint density at radius 3 is 1.97 bits per heavy atom. The summed E-state index contributed by atoms with van der Waals surface area (Å²) in [6.07, 6.45) is -5.74. The molecule has 0 aromatic heterocycles. The number of carbonyl (C=O) groups is 2. The molecule has 0 radical (unpaired) electrons. The van der Waals surface area contributed by atoms with Gasteiger partial charge in [0.15, 0.2) is 23.3 Å². The van der Waals surface area contributed by atoms with Crippen LogP contribution in [0, 0.1) is 37.1 Å². The van der Waals surface area contributed by atoms with Crippen LogP contribution in [0.5, 0.6) is 0 Å². The SMILES string of the molecule is COC(=O)c1cccc(C(c2ccc(C)c(C)c2)[C@H](N)C(=O)Nc2c(F)c(F)c(C(F)(F)F)c(F)c2F)c1. The summed E-state index contributed by atoms with van der Waals surface area (Å²) in [4.78, 5) is 25.0. The van der Waals surface area contributed by atoms with Crippen molar-refractivity contribution in [2.45, 2.75) is 32.0 Å². The lowest BCUT2D eigenvalue weighted by atomic mass is 9.83. The van der Waals surface area contributed by atoms with Gasteiger partial charge in [0.25, 0.3) is 0 Å². The molecule has 1 amide bonds. The summed E-state index contributed by atoms with van der Waals surface area (Å²) in [6, 6.07) is 9.09. The highest BCUT2D eigenvalue weighted by atomic mass is 19.4. The third-order valence-electron chi connectivity index (χ3n) is 6.01. The van der Waals surface area contributed by atoms with Crippen molar-refractivity contribution in [3.8, 4) is 0 Å². The van der Waals surface area contributed by atoms with Gasteiger partial charge in [-0.25, -0.2) is 22.4 Å². The van der Waals surface area contributed by atoms with Crippen molar-refractivity contribution >= 4 is 17.6 Å². The lowest BCUT2D eigenvalue weighted by Crippen LogP contribution is -2.41. The van der Waals surface area contributed by atoms with Gasteiger partial charge in [0.1, 0.15) is 11.3 Å². The summed E-state index contributed by atoms with van der Waals surface area (Å²) in [7, 11) is 1.15. The standard InChI is InChI=1S/C26H21F7N2O3/c1-11-7-8-14(9-12(11)2)16(13-5-4-6-15(10-13)25(37)38-3)22(34)24(36)35-23-20(29)18(27)17(26(31,32)33)19(28)21(23)30/h4-10,16,22H,34H2,1-3H3,(H,35,36)/t16?,22-/m0/s1. The quantitative estimate of drug-likeness (QED) is 0.236. The van der Waals surface area contributed by atoms with Gasteiger partial charge in [-0.2, -0.15) is 13.2 Å². The van der Waals surface area contributed by atoms with Crippen LogP contribution < -0.4 is 11.1 Å². The van der Waals surface area contributed by atoms with Gasteiger partial charge in [0.2, 0.25) is 5.91 Å². The molecule has 0 saturated carbocycles. The van der Waals surface area contributed by atoms with Gasteiger partial charge in [-0.05, 0) is 48.2 Å². The van der Waals surface area contributed by atoms with Crippen LogP contribution >= 0.6 is 0 Å². The number of carbonyl (C=O) groups excluding carboxylic acids is 2. The van der Waals surface area contributed by atoms with Crippen LogP contribution in [-0.2, 0) is 15.7 Å². The van der Waals surface area contributed by atoms with E-state index >= 15 is 0 Å². The molecule has 3 aromatic carbocycles. The van der Waals surface area contributed by atoms with Crippen LogP contribution in [0.1, 0.15) is 44.1 Å². The Kier molecular flexibility index (Phi) is 8.15.